The molecule has 7 heteroatoms. The van der Waals surface area contributed by atoms with Crippen LogP contribution >= 0.6 is 0 Å². The van der Waals surface area contributed by atoms with E-state index in [4.69, 9.17) is 5.73 Å². The fourth-order valence-electron chi connectivity index (χ4n) is 0.973. The van der Waals surface area contributed by atoms with Crippen LogP contribution < -0.4 is 10.5 Å². The van der Waals surface area contributed by atoms with Gasteiger partial charge in [-0.2, -0.15) is 4.72 Å². The SMILES string of the molecule is C[C@H](NS(=O)(=O)c1ccc(F)cc1)C(N)=O. The molecule has 0 aliphatic carbocycles. The molecule has 0 heterocycles. The van der Waals surface area contributed by atoms with E-state index < -0.39 is 27.8 Å². The minimum atomic E-state index is -3.84. The highest BCUT2D eigenvalue weighted by Crippen LogP contribution is 2.09. The molecule has 88 valence electrons. The third-order valence-corrected chi connectivity index (χ3v) is 3.44. The molecule has 1 amide bonds. The van der Waals surface area contributed by atoms with Gasteiger partial charge in [0, 0.05) is 0 Å². The smallest absolute Gasteiger partial charge is 0.241 e. The number of hydrogen-bond donors (Lipinski definition) is 2. The molecule has 0 fully saturated rings. The second kappa shape index (κ2) is 4.58. The first-order valence-corrected chi connectivity index (χ1v) is 5.88. The van der Waals surface area contributed by atoms with Gasteiger partial charge in [-0.1, -0.05) is 0 Å². The third kappa shape index (κ3) is 3.01. The van der Waals surface area contributed by atoms with Crippen molar-refractivity contribution in [2.45, 2.75) is 17.9 Å². The van der Waals surface area contributed by atoms with Crippen molar-refractivity contribution in [1.82, 2.24) is 4.72 Å². The van der Waals surface area contributed by atoms with Gasteiger partial charge in [0.25, 0.3) is 0 Å². The number of benzene rings is 1. The van der Waals surface area contributed by atoms with Crippen molar-refractivity contribution >= 4 is 15.9 Å². The summed E-state index contributed by atoms with van der Waals surface area (Å²) in [5, 5.41) is 0. The Morgan fingerprint density at radius 2 is 1.88 bits per heavy atom. The van der Waals surface area contributed by atoms with Crippen molar-refractivity contribution < 1.29 is 17.6 Å². The minimum absolute atomic E-state index is 0.123. The van der Waals surface area contributed by atoms with Gasteiger partial charge >= 0.3 is 0 Å². The zero-order valence-corrected chi connectivity index (χ0v) is 9.29. The van der Waals surface area contributed by atoms with Gasteiger partial charge in [0.15, 0.2) is 0 Å². The largest absolute Gasteiger partial charge is 0.368 e. The predicted octanol–water partition coefficient (Wildman–Crippen LogP) is -0.0222. The Kier molecular flexibility index (Phi) is 3.61. The van der Waals surface area contributed by atoms with E-state index in [0.717, 1.165) is 24.3 Å². The minimum Gasteiger partial charge on any atom is -0.368 e. The lowest BCUT2D eigenvalue weighted by molar-refractivity contribution is -0.119. The van der Waals surface area contributed by atoms with Crippen LogP contribution in [0.3, 0.4) is 0 Å². The molecule has 1 aromatic carbocycles. The van der Waals surface area contributed by atoms with E-state index in [2.05, 4.69) is 4.72 Å². The monoisotopic (exact) mass is 246 g/mol. The van der Waals surface area contributed by atoms with E-state index in [-0.39, 0.29) is 4.90 Å². The Hall–Kier alpha value is -1.47. The van der Waals surface area contributed by atoms with Crippen LogP contribution in [0, 0.1) is 5.82 Å². The Morgan fingerprint density at radius 1 is 1.38 bits per heavy atom. The fraction of sp³-hybridized carbons (Fsp3) is 0.222. The van der Waals surface area contributed by atoms with Crippen LogP contribution in [0.15, 0.2) is 29.2 Å². The summed E-state index contributed by atoms with van der Waals surface area (Å²) in [6.45, 7) is 1.32. The molecule has 5 nitrogen and oxygen atoms in total. The number of hydrogen-bond acceptors (Lipinski definition) is 3. The highest BCUT2D eigenvalue weighted by Gasteiger charge is 2.19. The first-order valence-electron chi connectivity index (χ1n) is 4.40. The molecular formula is C9H11FN2O3S. The highest BCUT2D eigenvalue weighted by molar-refractivity contribution is 7.89. The number of rotatable bonds is 4. The summed E-state index contributed by atoms with van der Waals surface area (Å²) in [5.41, 5.74) is 4.92. The number of nitrogens with one attached hydrogen (secondary N) is 1. The molecule has 0 spiro atoms. The van der Waals surface area contributed by atoms with E-state index in [1.165, 1.54) is 6.92 Å². The van der Waals surface area contributed by atoms with Gasteiger partial charge in [-0.3, -0.25) is 4.79 Å². The third-order valence-electron chi connectivity index (χ3n) is 1.88. The van der Waals surface area contributed by atoms with Gasteiger partial charge in [-0.25, -0.2) is 12.8 Å². The lowest BCUT2D eigenvalue weighted by atomic mass is 10.3. The molecule has 0 aromatic heterocycles. The average molecular weight is 246 g/mol. The van der Waals surface area contributed by atoms with Gasteiger partial charge in [0.1, 0.15) is 5.82 Å². The molecule has 1 atom stereocenters. The lowest BCUT2D eigenvalue weighted by Crippen LogP contribution is -2.42. The molecule has 0 bridgehead atoms. The van der Waals surface area contributed by atoms with Crippen molar-refractivity contribution in [3.05, 3.63) is 30.1 Å². The van der Waals surface area contributed by atoms with Crippen LogP contribution in [0.25, 0.3) is 0 Å². The molecule has 16 heavy (non-hydrogen) atoms. The molecule has 0 aliphatic rings. The average Bonchev–Trinajstić information content (AvgIpc) is 2.17. The van der Waals surface area contributed by atoms with E-state index >= 15 is 0 Å². The fourth-order valence-corrected chi connectivity index (χ4v) is 2.18. The molecule has 1 aromatic rings. The van der Waals surface area contributed by atoms with Crippen molar-refractivity contribution in [2.75, 3.05) is 0 Å². The summed E-state index contributed by atoms with van der Waals surface area (Å²) in [7, 11) is -3.84. The van der Waals surface area contributed by atoms with Crippen LogP contribution in [0.1, 0.15) is 6.92 Å². The van der Waals surface area contributed by atoms with Crippen LogP contribution in [0.4, 0.5) is 4.39 Å². The van der Waals surface area contributed by atoms with Crippen LogP contribution in [-0.4, -0.2) is 20.4 Å². The topological polar surface area (TPSA) is 89.3 Å². The summed E-state index contributed by atoms with van der Waals surface area (Å²) < 4.78 is 37.9. The normalized spacial score (nSPS) is 13.4. The second-order valence-electron chi connectivity index (χ2n) is 3.20. The summed E-state index contributed by atoms with van der Waals surface area (Å²) in [6.07, 6.45) is 0. The molecular weight excluding hydrogens is 235 g/mol. The number of nitrogens with two attached hydrogens (primary N) is 1. The van der Waals surface area contributed by atoms with Gasteiger partial charge in [0.05, 0.1) is 10.9 Å². The molecule has 3 N–H and O–H groups in total. The van der Waals surface area contributed by atoms with Crippen LogP contribution in [0.5, 0.6) is 0 Å². The number of carbonyl (C=O) groups is 1. The molecule has 1 rings (SSSR count). The number of primary amides is 1. The Bertz CT molecular complexity index is 484. The Morgan fingerprint density at radius 3 is 2.31 bits per heavy atom. The maximum Gasteiger partial charge on any atom is 0.241 e. The summed E-state index contributed by atoms with van der Waals surface area (Å²) in [6, 6.07) is 3.22. The zero-order chi connectivity index (χ0) is 12.3. The second-order valence-corrected chi connectivity index (χ2v) is 4.91. The number of carbonyl (C=O) groups excluding carboxylic acids is 1. The maximum absolute atomic E-state index is 12.6. The predicted molar refractivity (Wildman–Crippen MR) is 55.4 cm³/mol. The Balaban J connectivity index is 2.94. The van der Waals surface area contributed by atoms with Crippen LogP contribution in [-0.2, 0) is 14.8 Å². The van der Waals surface area contributed by atoms with Gasteiger partial charge in [0.2, 0.25) is 15.9 Å². The highest BCUT2D eigenvalue weighted by atomic mass is 32.2. The van der Waals surface area contributed by atoms with Crippen molar-refractivity contribution in [2.24, 2.45) is 5.73 Å². The molecule has 0 aliphatic heterocycles. The van der Waals surface area contributed by atoms with Gasteiger partial charge in [-0.15, -0.1) is 0 Å². The van der Waals surface area contributed by atoms with Gasteiger partial charge < -0.3 is 5.73 Å². The number of halogens is 1. The number of sulfonamides is 1. The van der Waals surface area contributed by atoms with E-state index in [9.17, 15) is 17.6 Å². The van der Waals surface area contributed by atoms with Crippen LogP contribution in [0.2, 0.25) is 0 Å². The first-order chi connectivity index (χ1) is 7.33. The Labute approximate surface area is 92.5 Å². The standard InChI is InChI=1S/C9H11FN2O3S/c1-6(9(11)13)12-16(14,15)8-4-2-7(10)3-5-8/h2-6,12H,1H3,(H2,11,13)/t6-/m0/s1. The maximum atomic E-state index is 12.6. The summed E-state index contributed by atoms with van der Waals surface area (Å²) in [5.74, 6) is -1.33. The van der Waals surface area contributed by atoms with Gasteiger partial charge in [-0.05, 0) is 31.2 Å². The van der Waals surface area contributed by atoms with Crippen molar-refractivity contribution in [1.29, 1.82) is 0 Å². The quantitative estimate of drug-likeness (QED) is 0.782. The lowest BCUT2D eigenvalue weighted by Gasteiger charge is -2.10. The van der Waals surface area contributed by atoms with Crippen molar-refractivity contribution in [3.63, 3.8) is 0 Å². The zero-order valence-electron chi connectivity index (χ0n) is 8.48. The number of amides is 1. The van der Waals surface area contributed by atoms with E-state index in [0.29, 0.717) is 0 Å². The van der Waals surface area contributed by atoms with E-state index in [1.54, 1.807) is 0 Å². The van der Waals surface area contributed by atoms with E-state index in [1.807, 2.05) is 0 Å². The molecule has 0 saturated carbocycles. The molecule has 0 saturated heterocycles. The first kappa shape index (κ1) is 12.6. The molecule has 0 unspecified atom stereocenters. The van der Waals surface area contributed by atoms with Crippen molar-refractivity contribution in [3.8, 4) is 0 Å². The summed E-state index contributed by atoms with van der Waals surface area (Å²) in [4.78, 5) is 10.6. The summed E-state index contributed by atoms with van der Waals surface area (Å²) >= 11 is 0. The molecule has 0 radical (unpaired) electrons.